The van der Waals surface area contributed by atoms with Crippen LogP contribution in [0.1, 0.15) is 60.5 Å². The molecule has 41 heavy (non-hydrogen) atoms. The van der Waals surface area contributed by atoms with E-state index in [-0.39, 0.29) is 37.4 Å². The summed E-state index contributed by atoms with van der Waals surface area (Å²) >= 11 is 12.3. The van der Waals surface area contributed by atoms with Crippen LogP contribution in [0.4, 0.5) is 16.2 Å². The molecule has 3 amide bonds. The van der Waals surface area contributed by atoms with Crippen molar-refractivity contribution in [1.29, 1.82) is 0 Å². The second kappa shape index (κ2) is 14.7. The van der Waals surface area contributed by atoms with E-state index >= 15 is 0 Å². The molecular weight excluding hydrogens is 561 g/mol. The van der Waals surface area contributed by atoms with Gasteiger partial charge in [-0.05, 0) is 91.8 Å². The summed E-state index contributed by atoms with van der Waals surface area (Å²) in [7, 11) is 0. The fourth-order valence-electron chi connectivity index (χ4n) is 4.61. The number of carbonyl (C=O) groups is 3. The molecule has 0 aliphatic heterocycles. The maximum atomic E-state index is 13.5. The Morgan fingerprint density at radius 1 is 0.927 bits per heavy atom. The number of rotatable bonds is 10. The minimum atomic E-state index is -0.356. The van der Waals surface area contributed by atoms with Gasteiger partial charge in [-0.25, -0.2) is 4.79 Å². The van der Waals surface area contributed by atoms with Crippen molar-refractivity contribution < 1.29 is 19.1 Å². The van der Waals surface area contributed by atoms with Crippen LogP contribution in [0, 0.1) is 0 Å². The second-order valence-corrected chi connectivity index (χ2v) is 10.6. The molecule has 1 aliphatic carbocycles. The number of allylic oxidation sites excluding steroid dienone is 2. The fraction of sp³-hybridized carbons (Fsp3) is 0.281. The lowest BCUT2D eigenvalue weighted by Gasteiger charge is -2.24. The van der Waals surface area contributed by atoms with Crippen molar-refractivity contribution in [3.8, 4) is 0 Å². The van der Waals surface area contributed by atoms with Gasteiger partial charge in [-0.15, -0.1) is 0 Å². The molecule has 0 unspecified atom stereocenters. The van der Waals surface area contributed by atoms with Gasteiger partial charge in [0.05, 0.1) is 19.6 Å². The third-order valence-corrected chi connectivity index (χ3v) is 7.11. The summed E-state index contributed by atoms with van der Waals surface area (Å²) < 4.78 is 4.88. The van der Waals surface area contributed by atoms with Crippen LogP contribution in [-0.4, -0.2) is 31.1 Å². The van der Waals surface area contributed by atoms with Crippen LogP contribution in [0.15, 0.2) is 72.8 Å². The molecule has 0 bridgehead atoms. The molecule has 0 saturated carbocycles. The predicted molar refractivity (Wildman–Crippen MR) is 165 cm³/mol. The third kappa shape index (κ3) is 8.84. The Hall–Kier alpha value is -3.81. The lowest BCUT2D eigenvalue weighted by molar-refractivity contribution is -0.142. The normalized spacial score (nSPS) is 12.7. The summed E-state index contributed by atoms with van der Waals surface area (Å²) in [5.41, 5.74) is 4.98. The Labute approximate surface area is 250 Å². The molecule has 0 spiro atoms. The molecule has 0 saturated heterocycles. The predicted octanol–water partition coefficient (Wildman–Crippen LogP) is 7.87. The summed E-state index contributed by atoms with van der Waals surface area (Å²) in [6, 6.07) is 19.5. The van der Waals surface area contributed by atoms with Gasteiger partial charge in [0.25, 0.3) is 5.91 Å². The van der Waals surface area contributed by atoms with Gasteiger partial charge in [0.1, 0.15) is 0 Å². The van der Waals surface area contributed by atoms with Gasteiger partial charge in [-0.3, -0.25) is 14.5 Å². The first kappa shape index (κ1) is 30.2. The Bertz CT molecular complexity index is 1390. The van der Waals surface area contributed by atoms with Gasteiger partial charge in [0, 0.05) is 33.5 Å². The Kier molecular flexibility index (Phi) is 10.8. The maximum Gasteiger partial charge on any atom is 0.326 e. The average molecular weight is 595 g/mol. The summed E-state index contributed by atoms with van der Waals surface area (Å²) in [5.74, 6) is -0.647. The summed E-state index contributed by atoms with van der Waals surface area (Å²) in [4.78, 5) is 39.2. The molecule has 9 heteroatoms. The number of nitrogens with zero attached hydrogens (tertiary/aromatic N) is 1. The van der Waals surface area contributed by atoms with Crippen LogP contribution >= 0.6 is 23.2 Å². The smallest absolute Gasteiger partial charge is 0.326 e. The second-order valence-electron chi connectivity index (χ2n) is 9.70. The molecule has 0 radical (unpaired) electrons. The molecular formula is C32H33Cl2N3O4. The molecule has 214 valence electrons. The van der Waals surface area contributed by atoms with Crippen molar-refractivity contribution in [3.05, 3.63) is 99.5 Å². The van der Waals surface area contributed by atoms with Crippen molar-refractivity contribution in [2.45, 2.75) is 45.6 Å². The molecule has 3 aromatic rings. The van der Waals surface area contributed by atoms with Crippen molar-refractivity contribution in [2.24, 2.45) is 0 Å². The number of halogens is 2. The minimum Gasteiger partial charge on any atom is -0.466 e. The number of amides is 3. The quantitative estimate of drug-likeness (QED) is 0.234. The van der Waals surface area contributed by atoms with E-state index < -0.39 is 0 Å². The maximum absolute atomic E-state index is 13.5. The number of ether oxygens (including phenoxy) is 1. The first-order valence-electron chi connectivity index (χ1n) is 13.7. The van der Waals surface area contributed by atoms with Crippen LogP contribution < -0.4 is 15.5 Å². The largest absolute Gasteiger partial charge is 0.466 e. The van der Waals surface area contributed by atoms with E-state index in [2.05, 4.69) is 16.7 Å². The number of hydrogen-bond donors (Lipinski definition) is 2. The topological polar surface area (TPSA) is 87.7 Å². The monoisotopic (exact) mass is 593 g/mol. The van der Waals surface area contributed by atoms with E-state index in [0.29, 0.717) is 27.9 Å². The first-order valence-corrected chi connectivity index (χ1v) is 14.4. The van der Waals surface area contributed by atoms with E-state index in [1.54, 1.807) is 54.3 Å². The molecule has 0 aromatic heterocycles. The van der Waals surface area contributed by atoms with Gasteiger partial charge in [-0.2, -0.15) is 0 Å². The van der Waals surface area contributed by atoms with Gasteiger partial charge in [-0.1, -0.05) is 53.5 Å². The lowest BCUT2D eigenvalue weighted by Crippen LogP contribution is -2.34. The highest BCUT2D eigenvalue weighted by molar-refractivity contribution is 6.35. The Morgan fingerprint density at radius 3 is 2.27 bits per heavy atom. The van der Waals surface area contributed by atoms with Crippen molar-refractivity contribution in [2.75, 3.05) is 23.4 Å². The molecule has 0 atom stereocenters. The minimum absolute atomic E-state index is 0.107. The highest BCUT2D eigenvalue weighted by Gasteiger charge is 2.18. The number of urea groups is 1. The number of nitrogens with one attached hydrogen (secondary N) is 2. The fourth-order valence-corrected chi connectivity index (χ4v) is 5.14. The molecule has 0 heterocycles. The van der Waals surface area contributed by atoms with Gasteiger partial charge < -0.3 is 15.4 Å². The van der Waals surface area contributed by atoms with E-state index in [1.165, 1.54) is 18.4 Å². The SMILES string of the molecule is CCOC(=O)CCNC(=O)c1ccc(CN(C(=O)Nc2cc(Cl)cc(Cl)c2)c2ccc(C3=CCCCC3)cc2)cc1. The van der Waals surface area contributed by atoms with E-state index in [1.807, 2.05) is 24.3 Å². The zero-order valence-corrected chi connectivity index (χ0v) is 24.4. The Morgan fingerprint density at radius 2 is 1.63 bits per heavy atom. The average Bonchev–Trinajstić information content (AvgIpc) is 2.96. The van der Waals surface area contributed by atoms with E-state index in [4.69, 9.17) is 27.9 Å². The summed E-state index contributed by atoms with van der Waals surface area (Å²) in [6.07, 6.45) is 6.95. The zero-order valence-electron chi connectivity index (χ0n) is 22.9. The number of carbonyl (C=O) groups excluding carboxylic acids is 3. The van der Waals surface area contributed by atoms with E-state index in [0.717, 1.165) is 29.7 Å². The zero-order chi connectivity index (χ0) is 29.2. The molecule has 4 rings (SSSR count). The highest BCUT2D eigenvalue weighted by atomic mass is 35.5. The standard InChI is InChI=1S/C32H33Cl2N3O4/c1-2-41-30(38)16-17-35-31(39)25-10-8-22(9-11-25)21-37(32(40)36-28-19-26(33)18-27(34)20-28)29-14-12-24(13-15-29)23-6-4-3-5-7-23/h6,8-15,18-20H,2-5,7,16-17,21H2,1H3,(H,35,39)(H,36,40). The molecule has 3 aromatic carbocycles. The van der Waals surface area contributed by atoms with Crippen molar-refractivity contribution in [1.82, 2.24) is 5.32 Å². The summed E-state index contributed by atoms with van der Waals surface area (Å²) in [5, 5.41) is 6.45. The highest BCUT2D eigenvalue weighted by Crippen LogP contribution is 2.29. The molecule has 7 nitrogen and oxygen atoms in total. The number of esters is 1. The molecule has 0 fully saturated rings. The van der Waals surface area contributed by atoms with Crippen LogP contribution in [0.5, 0.6) is 0 Å². The van der Waals surface area contributed by atoms with Gasteiger partial charge in [0.15, 0.2) is 0 Å². The number of benzene rings is 3. The van der Waals surface area contributed by atoms with E-state index in [9.17, 15) is 14.4 Å². The van der Waals surface area contributed by atoms with Crippen LogP contribution in [-0.2, 0) is 16.1 Å². The molecule has 2 N–H and O–H groups in total. The Balaban J connectivity index is 1.50. The summed E-state index contributed by atoms with van der Waals surface area (Å²) in [6.45, 7) is 2.49. The lowest BCUT2D eigenvalue weighted by atomic mass is 9.93. The van der Waals surface area contributed by atoms with Crippen molar-refractivity contribution >= 4 is 58.1 Å². The first-order chi connectivity index (χ1) is 19.8. The van der Waals surface area contributed by atoms with Gasteiger partial charge >= 0.3 is 12.0 Å². The number of anilines is 2. The number of hydrogen-bond acceptors (Lipinski definition) is 4. The van der Waals surface area contributed by atoms with Crippen LogP contribution in [0.3, 0.4) is 0 Å². The van der Waals surface area contributed by atoms with Crippen LogP contribution in [0.25, 0.3) is 5.57 Å². The third-order valence-electron chi connectivity index (χ3n) is 6.68. The van der Waals surface area contributed by atoms with Gasteiger partial charge in [0.2, 0.25) is 0 Å². The van der Waals surface area contributed by atoms with Crippen molar-refractivity contribution in [3.63, 3.8) is 0 Å². The molecule has 1 aliphatic rings. The van der Waals surface area contributed by atoms with Crippen LogP contribution in [0.2, 0.25) is 10.0 Å².